The molecule has 0 aliphatic heterocycles. The molecule has 2 heterocycles. The van der Waals surface area contributed by atoms with Gasteiger partial charge in [0.15, 0.2) is 5.76 Å². The molecule has 112 valence electrons. The van der Waals surface area contributed by atoms with E-state index >= 15 is 0 Å². The molecule has 3 aromatic rings. The lowest BCUT2D eigenvalue weighted by Gasteiger charge is -2.02. The number of hydrogen-bond acceptors (Lipinski definition) is 4. The molecule has 0 atom stereocenters. The fourth-order valence-corrected chi connectivity index (χ4v) is 2.20. The number of rotatable bonds is 4. The number of hydrogen-bond donors (Lipinski definition) is 1. The Balaban J connectivity index is 1.66. The summed E-state index contributed by atoms with van der Waals surface area (Å²) in [6, 6.07) is 11.4. The van der Waals surface area contributed by atoms with E-state index in [1.165, 1.54) is 0 Å². The minimum atomic E-state index is -0.206. The van der Waals surface area contributed by atoms with Crippen LogP contribution in [0.3, 0.4) is 0 Å². The van der Waals surface area contributed by atoms with Crippen LogP contribution in [-0.2, 0) is 13.6 Å². The molecule has 0 saturated heterocycles. The third kappa shape index (κ3) is 2.90. The van der Waals surface area contributed by atoms with E-state index in [0.29, 0.717) is 17.3 Å². The molecule has 1 amide bonds. The third-order valence-corrected chi connectivity index (χ3v) is 3.25. The van der Waals surface area contributed by atoms with Crippen molar-refractivity contribution in [3.05, 3.63) is 59.9 Å². The van der Waals surface area contributed by atoms with Crippen LogP contribution >= 0.6 is 0 Å². The average molecular weight is 296 g/mol. The van der Waals surface area contributed by atoms with Gasteiger partial charge in [-0.2, -0.15) is 5.10 Å². The first kappa shape index (κ1) is 14.1. The molecule has 0 saturated carbocycles. The number of carbonyl (C=O) groups excluding carboxylic acids is 1. The van der Waals surface area contributed by atoms with E-state index in [2.05, 4.69) is 15.4 Å². The highest BCUT2D eigenvalue weighted by Gasteiger charge is 2.13. The topological polar surface area (TPSA) is 73.0 Å². The van der Waals surface area contributed by atoms with Gasteiger partial charge in [-0.1, -0.05) is 30.3 Å². The van der Waals surface area contributed by atoms with Crippen molar-refractivity contribution in [1.29, 1.82) is 0 Å². The Hall–Kier alpha value is -2.89. The molecule has 1 aromatic carbocycles. The van der Waals surface area contributed by atoms with Gasteiger partial charge in [0.2, 0.25) is 5.89 Å². The van der Waals surface area contributed by atoms with E-state index in [-0.39, 0.29) is 12.5 Å². The summed E-state index contributed by atoms with van der Waals surface area (Å²) in [4.78, 5) is 16.3. The summed E-state index contributed by atoms with van der Waals surface area (Å²) in [6.45, 7) is 2.08. The molecule has 0 spiro atoms. The zero-order valence-corrected chi connectivity index (χ0v) is 12.4. The Bertz CT molecular complexity index is 790. The molecule has 6 nitrogen and oxygen atoms in total. The van der Waals surface area contributed by atoms with Gasteiger partial charge in [-0.05, 0) is 13.0 Å². The van der Waals surface area contributed by atoms with Gasteiger partial charge in [-0.25, -0.2) is 4.98 Å². The van der Waals surface area contributed by atoms with Crippen LogP contribution in [0.5, 0.6) is 0 Å². The van der Waals surface area contributed by atoms with Crippen molar-refractivity contribution in [2.45, 2.75) is 13.5 Å². The van der Waals surface area contributed by atoms with Crippen molar-refractivity contribution in [2.24, 2.45) is 7.05 Å². The van der Waals surface area contributed by atoms with E-state index in [1.54, 1.807) is 24.0 Å². The molecule has 0 unspecified atom stereocenters. The van der Waals surface area contributed by atoms with E-state index in [1.807, 2.05) is 37.3 Å². The van der Waals surface area contributed by atoms with Crippen LogP contribution in [0.25, 0.3) is 11.3 Å². The molecule has 0 aliphatic carbocycles. The van der Waals surface area contributed by atoms with E-state index in [9.17, 15) is 4.79 Å². The maximum atomic E-state index is 12.1. The Morgan fingerprint density at radius 1 is 1.32 bits per heavy atom. The van der Waals surface area contributed by atoms with E-state index < -0.39 is 0 Å². The maximum absolute atomic E-state index is 12.1. The maximum Gasteiger partial charge on any atom is 0.269 e. The number of aryl methyl sites for hydroxylation is 2. The first-order chi connectivity index (χ1) is 10.6. The molecule has 0 radical (unpaired) electrons. The van der Waals surface area contributed by atoms with Gasteiger partial charge in [0, 0.05) is 12.6 Å². The molecule has 1 N–H and O–H groups in total. The number of benzene rings is 1. The predicted molar refractivity (Wildman–Crippen MR) is 81.1 cm³/mol. The van der Waals surface area contributed by atoms with Gasteiger partial charge < -0.3 is 9.73 Å². The smallest absolute Gasteiger partial charge is 0.269 e. The molecule has 0 fully saturated rings. The van der Waals surface area contributed by atoms with Gasteiger partial charge in [-0.15, -0.1) is 0 Å². The van der Waals surface area contributed by atoms with Gasteiger partial charge in [0.05, 0.1) is 18.4 Å². The minimum Gasteiger partial charge on any atom is -0.439 e. The summed E-state index contributed by atoms with van der Waals surface area (Å²) in [5.74, 6) is 0.940. The monoisotopic (exact) mass is 296 g/mol. The molecule has 6 heteroatoms. The van der Waals surface area contributed by atoms with E-state index in [4.69, 9.17) is 4.42 Å². The summed E-state index contributed by atoms with van der Waals surface area (Å²) in [5.41, 5.74) is 2.26. The van der Waals surface area contributed by atoms with Crippen LogP contribution in [-0.4, -0.2) is 20.7 Å². The van der Waals surface area contributed by atoms with Gasteiger partial charge in [-0.3, -0.25) is 9.48 Å². The lowest BCUT2D eigenvalue weighted by Crippen LogP contribution is -2.25. The second-order valence-corrected chi connectivity index (χ2v) is 4.96. The number of nitrogens with one attached hydrogen (secondary N) is 1. The van der Waals surface area contributed by atoms with Gasteiger partial charge >= 0.3 is 0 Å². The highest BCUT2D eigenvalue weighted by molar-refractivity contribution is 5.92. The zero-order chi connectivity index (χ0) is 15.5. The van der Waals surface area contributed by atoms with Crippen molar-refractivity contribution in [3.8, 4) is 11.3 Å². The molecular formula is C16H16N4O2. The fourth-order valence-electron chi connectivity index (χ4n) is 2.20. The Morgan fingerprint density at radius 3 is 2.77 bits per heavy atom. The number of amides is 1. The zero-order valence-electron chi connectivity index (χ0n) is 12.4. The molecule has 22 heavy (non-hydrogen) atoms. The van der Waals surface area contributed by atoms with Crippen LogP contribution in [0.4, 0.5) is 0 Å². The third-order valence-electron chi connectivity index (χ3n) is 3.25. The van der Waals surface area contributed by atoms with Crippen LogP contribution in [0, 0.1) is 6.92 Å². The Kier molecular flexibility index (Phi) is 3.74. The minimum absolute atomic E-state index is 0.206. The first-order valence-corrected chi connectivity index (χ1v) is 6.92. The van der Waals surface area contributed by atoms with Crippen molar-refractivity contribution < 1.29 is 9.21 Å². The second-order valence-electron chi connectivity index (χ2n) is 4.96. The lowest BCUT2D eigenvalue weighted by molar-refractivity contribution is 0.0938. The van der Waals surface area contributed by atoms with Crippen molar-refractivity contribution in [2.75, 3.05) is 0 Å². The van der Waals surface area contributed by atoms with Gasteiger partial charge in [0.25, 0.3) is 5.91 Å². The Morgan fingerprint density at radius 2 is 2.09 bits per heavy atom. The van der Waals surface area contributed by atoms with Crippen molar-refractivity contribution in [3.63, 3.8) is 0 Å². The summed E-state index contributed by atoms with van der Waals surface area (Å²) < 4.78 is 7.19. The summed E-state index contributed by atoms with van der Waals surface area (Å²) in [5, 5.41) is 6.93. The number of oxazole rings is 1. The highest BCUT2D eigenvalue weighted by Crippen LogP contribution is 2.19. The molecule has 2 aromatic heterocycles. The average Bonchev–Trinajstić information content (AvgIpc) is 3.12. The van der Waals surface area contributed by atoms with Crippen molar-refractivity contribution in [1.82, 2.24) is 20.1 Å². The second kappa shape index (κ2) is 5.85. The SMILES string of the molecule is Cc1cc(C(=O)NCc2ncc(-c3ccccc3)o2)n(C)n1. The fraction of sp³-hybridized carbons (Fsp3) is 0.188. The van der Waals surface area contributed by atoms with Crippen molar-refractivity contribution >= 4 is 5.91 Å². The number of aromatic nitrogens is 3. The van der Waals surface area contributed by atoms with E-state index in [0.717, 1.165) is 11.3 Å². The van der Waals surface area contributed by atoms with Crippen LogP contribution in [0.2, 0.25) is 0 Å². The molecular weight excluding hydrogens is 280 g/mol. The summed E-state index contributed by atoms with van der Waals surface area (Å²) >= 11 is 0. The molecule has 0 bridgehead atoms. The first-order valence-electron chi connectivity index (χ1n) is 6.92. The normalized spacial score (nSPS) is 10.6. The largest absolute Gasteiger partial charge is 0.439 e. The standard InChI is InChI=1S/C16H16N4O2/c1-11-8-13(20(2)19-11)16(21)18-10-15-17-9-14(22-15)12-6-4-3-5-7-12/h3-9H,10H2,1-2H3,(H,18,21). The summed E-state index contributed by atoms with van der Waals surface area (Å²) in [7, 11) is 1.74. The molecule has 3 rings (SSSR count). The van der Waals surface area contributed by atoms with Gasteiger partial charge in [0.1, 0.15) is 5.69 Å². The number of carbonyl (C=O) groups is 1. The Labute approximate surface area is 127 Å². The predicted octanol–water partition coefficient (Wildman–Crippen LogP) is 2.31. The molecule has 0 aliphatic rings. The van der Waals surface area contributed by atoms with Crippen LogP contribution < -0.4 is 5.32 Å². The lowest BCUT2D eigenvalue weighted by atomic mass is 10.2. The quantitative estimate of drug-likeness (QED) is 0.802. The van der Waals surface area contributed by atoms with Crippen LogP contribution in [0.15, 0.2) is 47.0 Å². The van der Waals surface area contributed by atoms with Crippen LogP contribution in [0.1, 0.15) is 22.1 Å². The summed E-state index contributed by atoms with van der Waals surface area (Å²) in [6.07, 6.45) is 1.66. The number of nitrogens with zero attached hydrogens (tertiary/aromatic N) is 3. The highest BCUT2D eigenvalue weighted by atomic mass is 16.4.